The van der Waals surface area contributed by atoms with Crippen LogP contribution in [0.4, 0.5) is 4.39 Å². The Hall–Kier alpha value is -3.44. The van der Waals surface area contributed by atoms with Crippen LogP contribution in [0.1, 0.15) is 16.7 Å². The van der Waals surface area contributed by atoms with Crippen molar-refractivity contribution in [3.63, 3.8) is 0 Å². The molecule has 5 heteroatoms. The number of rotatable bonds is 3. The Balaban J connectivity index is 1.57. The molecule has 1 aromatic heterocycles. The first-order valence-corrected chi connectivity index (χ1v) is 9.95. The van der Waals surface area contributed by atoms with E-state index in [1.807, 2.05) is 49.4 Å². The van der Waals surface area contributed by atoms with Crippen molar-refractivity contribution in [2.75, 3.05) is 6.73 Å². The van der Waals surface area contributed by atoms with Gasteiger partial charge < -0.3 is 9.15 Å². The quantitative estimate of drug-likeness (QED) is 0.530. The molecule has 4 nitrogen and oxygen atoms in total. The van der Waals surface area contributed by atoms with Gasteiger partial charge in [0.2, 0.25) is 6.73 Å². The zero-order valence-electron chi connectivity index (χ0n) is 16.6. The topological polar surface area (TPSA) is 43.9 Å². The van der Waals surface area contributed by atoms with E-state index in [2.05, 4.69) is 6.07 Å². The number of fused-ring (bicyclic) bond motifs is 2. The molecule has 1 aliphatic heterocycles. The Bertz CT molecular complexity index is 1280. The van der Waals surface area contributed by atoms with Crippen LogP contribution >= 0.6 is 0 Å². The standard InChI is InChI=1S/C25H20FNO3/c1-16-24-19(14-27(15-29-24)13-17-7-9-20(26)10-8-17)11-22-21(12-23(28)30-25(16)22)18-5-3-2-4-6-18/h2-12H,13-15H2,1H3/p+1. The third-order valence-corrected chi connectivity index (χ3v) is 5.60. The third kappa shape index (κ3) is 3.37. The lowest BCUT2D eigenvalue weighted by Gasteiger charge is -2.28. The third-order valence-electron chi connectivity index (χ3n) is 5.60. The summed E-state index contributed by atoms with van der Waals surface area (Å²) in [6.07, 6.45) is 0. The van der Waals surface area contributed by atoms with Crippen LogP contribution in [0, 0.1) is 12.7 Å². The fourth-order valence-electron chi connectivity index (χ4n) is 4.20. The first kappa shape index (κ1) is 18.6. The van der Waals surface area contributed by atoms with Crippen molar-refractivity contribution >= 4 is 11.0 Å². The molecule has 2 heterocycles. The van der Waals surface area contributed by atoms with Gasteiger partial charge in [0.1, 0.15) is 30.2 Å². The zero-order chi connectivity index (χ0) is 20.7. The van der Waals surface area contributed by atoms with Gasteiger partial charge in [0.25, 0.3) is 0 Å². The van der Waals surface area contributed by atoms with Crippen molar-refractivity contribution in [3.8, 4) is 16.9 Å². The summed E-state index contributed by atoms with van der Waals surface area (Å²) in [5, 5.41) is 0.906. The van der Waals surface area contributed by atoms with Gasteiger partial charge in [-0.25, -0.2) is 9.18 Å². The lowest BCUT2D eigenvalue weighted by molar-refractivity contribution is -0.945. The first-order valence-electron chi connectivity index (χ1n) is 9.95. The predicted molar refractivity (Wildman–Crippen MR) is 113 cm³/mol. The molecule has 4 aromatic rings. The van der Waals surface area contributed by atoms with E-state index in [0.717, 1.165) is 52.0 Å². The van der Waals surface area contributed by atoms with Gasteiger partial charge in [-0.15, -0.1) is 0 Å². The van der Waals surface area contributed by atoms with Crippen LogP contribution in [0.2, 0.25) is 0 Å². The highest BCUT2D eigenvalue weighted by molar-refractivity contribution is 5.96. The summed E-state index contributed by atoms with van der Waals surface area (Å²) in [5.41, 5.74) is 5.02. The molecule has 3 aromatic carbocycles. The van der Waals surface area contributed by atoms with Crippen molar-refractivity contribution < 1.29 is 18.4 Å². The number of hydrogen-bond donors (Lipinski definition) is 1. The summed E-state index contributed by atoms with van der Waals surface area (Å²) in [6, 6.07) is 20.1. The summed E-state index contributed by atoms with van der Waals surface area (Å²) in [5.74, 6) is 0.560. The Morgan fingerprint density at radius 2 is 1.80 bits per heavy atom. The average Bonchev–Trinajstić information content (AvgIpc) is 2.76. The van der Waals surface area contributed by atoms with Gasteiger partial charge in [-0.2, -0.15) is 0 Å². The Labute approximate surface area is 173 Å². The molecule has 30 heavy (non-hydrogen) atoms. The Kier molecular flexibility index (Phi) is 4.60. The van der Waals surface area contributed by atoms with Crippen LogP contribution < -0.4 is 15.3 Å². The number of halogens is 1. The summed E-state index contributed by atoms with van der Waals surface area (Å²) in [6.45, 7) is 3.95. The highest BCUT2D eigenvalue weighted by atomic mass is 19.1. The van der Waals surface area contributed by atoms with E-state index in [1.54, 1.807) is 6.07 Å². The van der Waals surface area contributed by atoms with Crippen LogP contribution in [-0.4, -0.2) is 6.73 Å². The molecule has 150 valence electrons. The maximum Gasteiger partial charge on any atom is 0.336 e. The second-order valence-corrected chi connectivity index (χ2v) is 7.73. The van der Waals surface area contributed by atoms with E-state index >= 15 is 0 Å². The molecule has 0 bridgehead atoms. The van der Waals surface area contributed by atoms with Gasteiger partial charge in [0.05, 0.1) is 0 Å². The second-order valence-electron chi connectivity index (χ2n) is 7.73. The lowest BCUT2D eigenvalue weighted by Crippen LogP contribution is -3.10. The minimum atomic E-state index is -0.372. The molecular formula is C25H21FNO3+. The van der Waals surface area contributed by atoms with Crippen LogP contribution in [0.5, 0.6) is 5.75 Å². The van der Waals surface area contributed by atoms with E-state index in [-0.39, 0.29) is 11.4 Å². The van der Waals surface area contributed by atoms with E-state index in [4.69, 9.17) is 9.15 Å². The SMILES string of the molecule is Cc1c2c(cc3c(-c4ccccc4)cc(=O)oc13)C[NH+](Cc1ccc(F)cc1)CO2. The van der Waals surface area contributed by atoms with Crippen molar-refractivity contribution in [1.82, 2.24) is 0 Å². The first-order chi connectivity index (χ1) is 14.6. The van der Waals surface area contributed by atoms with E-state index < -0.39 is 0 Å². The lowest BCUT2D eigenvalue weighted by atomic mass is 9.97. The molecule has 1 aliphatic rings. The molecule has 0 aliphatic carbocycles. The fourth-order valence-corrected chi connectivity index (χ4v) is 4.20. The summed E-state index contributed by atoms with van der Waals surface area (Å²) in [4.78, 5) is 13.5. The molecule has 1 atom stereocenters. The van der Waals surface area contributed by atoms with Crippen LogP contribution in [0.25, 0.3) is 22.1 Å². The van der Waals surface area contributed by atoms with Gasteiger partial charge in [-0.3, -0.25) is 4.90 Å². The largest absolute Gasteiger partial charge is 0.444 e. The summed E-state index contributed by atoms with van der Waals surface area (Å²) < 4.78 is 24.9. The van der Waals surface area contributed by atoms with E-state index in [0.29, 0.717) is 12.3 Å². The van der Waals surface area contributed by atoms with Gasteiger partial charge in [-0.05, 0) is 36.2 Å². The Morgan fingerprint density at radius 1 is 1.03 bits per heavy atom. The van der Waals surface area contributed by atoms with Gasteiger partial charge >= 0.3 is 5.63 Å². The van der Waals surface area contributed by atoms with Crippen molar-refractivity contribution in [3.05, 3.63) is 99.7 Å². The normalized spacial score (nSPS) is 15.6. The molecule has 1 N–H and O–H groups in total. The van der Waals surface area contributed by atoms with Crippen LogP contribution in [-0.2, 0) is 13.1 Å². The summed E-state index contributed by atoms with van der Waals surface area (Å²) in [7, 11) is 0. The Morgan fingerprint density at radius 3 is 2.57 bits per heavy atom. The van der Waals surface area contributed by atoms with E-state index in [9.17, 15) is 9.18 Å². The second kappa shape index (κ2) is 7.43. The summed E-state index contributed by atoms with van der Waals surface area (Å²) >= 11 is 0. The van der Waals surface area contributed by atoms with Crippen LogP contribution in [0.15, 0.2) is 75.9 Å². The number of benzene rings is 3. The average molecular weight is 402 g/mol. The minimum Gasteiger partial charge on any atom is -0.444 e. The molecule has 0 amide bonds. The van der Waals surface area contributed by atoms with Gasteiger partial charge in [-0.1, -0.05) is 42.5 Å². The number of ether oxygens (including phenoxy) is 1. The monoisotopic (exact) mass is 402 g/mol. The van der Waals surface area contributed by atoms with Gasteiger partial charge in [0, 0.05) is 28.1 Å². The van der Waals surface area contributed by atoms with Crippen molar-refractivity contribution in [2.24, 2.45) is 0 Å². The molecule has 5 rings (SSSR count). The van der Waals surface area contributed by atoms with E-state index in [1.165, 1.54) is 17.0 Å². The molecule has 1 unspecified atom stereocenters. The number of nitrogens with one attached hydrogen (secondary N) is 1. The highest BCUT2D eigenvalue weighted by Gasteiger charge is 2.25. The van der Waals surface area contributed by atoms with Crippen LogP contribution in [0.3, 0.4) is 0 Å². The fraction of sp³-hybridized carbons (Fsp3) is 0.160. The zero-order valence-corrected chi connectivity index (χ0v) is 16.6. The van der Waals surface area contributed by atoms with Crippen molar-refractivity contribution in [2.45, 2.75) is 20.0 Å². The number of hydrogen-bond acceptors (Lipinski definition) is 3. The predicted octanol–water partition coefficient (Wildman–Crippen LogP) is 3.84. The molecule has 0 saturated heterocycles. The van der Waals surface area contributed by atoms with Gasteiger partial charge in [0.15, 0.2) is 0 Å². The minimum absolute atomic E-state index is 0.231. The number of quaternary nitrogens is 1. The maximum absolute atomic E-state index is 13.2. The smallest absolute Gasteiger partial charge is 0.336 e. The molecular weight excluding hydrogens is 381 g/mol. The maximum atomic E-state index is 13.2. The molecule has 0 spiro atoms. The molecule has 0 radical (unpaired) electrons. The molecule has 0 saturated carbocycles. The number of aryl methyl sites for hydroxylation is 1. The van der Waals surface area contributed by atoms with Crippen molar-refractivity contribution in [1.29, 1.82) is 0 Å². The molecule has 0 fully saturated rings. The highest BCUT2D eigenvalue weighted by Crippen LogP contribution is 2.36.